The zero-order valence-corrected chi connectivity index (χ0v) is 15.1. The van der Waals surface area contributed by atoms with Gasteiger partial charge in [0.1, 0.15) is 0 Å². The van der Waals surface area contributed by atoms with Crippen molar-refractivity contribution < 1.29 is 34.4 Å². The van der Waals surface area contributed by atoms with Gasteiger partial charge in [0.05, 0.1) is 16.3 Å². The van der Waals surface area contributed by atoms with Crippen LogP contribution in [0, 0.1) is 5.92 Å². The van der Waals surface area contributed by atoms with Gasteiger partial charge in [0.25, 0.3) is 20.2 Å². The molecule has 0 saturated heterocycles. The number of sulfonamides is 1. The molecule has 0 aliphatic rings. The maximum Gasteiger partial charge on any atom is 0.268 e. The lowest BCUT2D eigenvalue weighted by atomic mass is 9.99. The summed E-state index contributed by atoms with van der Waals surface area (Å²) in [6.45, 7) is 3.94. The fourth-order valence-corrected chi connectivity index (χ4v) is 5.92. The second-order valence-electron chi connectivity index (χ2n) is 4.99. The molecule has 9 nitrogen and oxygen atoms in total. The SMILES string of the molecule is CCC(C(C)C(CC)S(=O)(=O)NCCS(=O)(=O)O)S(=O)(=O)O. The Morgan fingerprint density at radius 2 is 1.36 bits per heavy atom. The Balaban J connectivity index is 5.22. The second kappa shape index (κ2) is 8.02. The summed E-state index contributed by atoms with van der Waals surface area (Å²) in [5.74, 6) is -1.68. The maximum absolute atomic E-state index is 12.2. The first-order chi connectivity index (χ1) is 9.76. The van der Waals surface area contributed by atoms with E-state index in [1.165, 1.54) is 13.8 Å². The molecule has 0 radical (unpaired) electrons. The molecule has 0 aromatic rings. The van der Waals surface area contributed by atoms with Crippen LogP contribution >= 0.6 is 0 Å². The van der Waals surface area contributed by atoms with Crippen molar-refractivity contribution in [2.75, 3.05) is 12.3 Å². The summed E-state index contributed by atoms with van der Waals surface area (Å²) < 4.78 is 88.0. The molecule has 0 amide bonds. The normalized spacial score (nSPS) is 17.9. The van der Waals surface area contributed by atoms with Gasteiger partial charge in [-0.3, -0.25) is 9.11 Å². The van der Waals surface area contributed by atoms with Gasteiger partial charge < -0.3 is 0 Å². The molecule has 0 heterocycles. The van der Waals surface area contributed by atoms with Crippen LogP contribution in [0.4, 0.5) is 0 Å². The van der Waals surface area contributed by atoms with E-state index in [-0.39, 0.29) is 12.8 Å². The highest BCUT2D eigenvalue weighted by atomic mass is 32.2. The summed E-state index contributed by atoms with van der Waals surface area (Å²) in [7, 11) is -12.7. The van der Waals surface area contributed by atoms with E-state index in [4.69, 9.17) is 4.55 Å². The fraction of sp³-hybridized carbons (Fsp3) is 1.00. The lowest BCUT2D eigenvalue weighted by Crippen LogP contribution is -2.44. The van der Waals surface area contributed by atoms with Crippen molar-refractivity contribution >= 4 is 30.3 Å². The maximum atomic E-state index is 12.2. The molecule has 0 saturated carbocycles. The molecule has 0 aromatic heterocycles. The van der Waals surface area contributed by atoms with E-state index in [0.29, 0.717) is 0 Å². The second-order valence-corrected chi connectivity index (χ2v) is 10.2. The van der Waals surface area contributed by atoms with Crippen LogP contribution in [0.15, 0.2) is 0 Å². The highest BCUT2D eigenvalue weighted by molar-refractivity contribution is 7.90. The van der Waals surface area contributed by atoms with E-state index in [1.54, 1.807) is 6.92 Å². The monoisotopic (exact) mass is 381 g/mol. The minimum absolute atomic E-state index is 0.0387. The van der Waals surface area contributed by atoms with Gasteiger partial charge in [-0.15, -0.1) is 0 Å². The van der Waals surface area contributed by atoms with E-state index >= 15 is 0 Å². The number of nitrogens with one attached hydrogen (secondary N) is 1. The third kappa shape index (κ3) is 6.87. The predicted molar refractivity (Wildman–Crippen MR) is 82.2 cm³/mol. The van der Waals surface area contributed by atoms with E-state index in [1.807, 2.05) is 4.72 Å². The summed E-state index contributed by atoms with van der Waals surface area (Å²) in [6, 6.07) is 0. The third-order valence-electron chi connectivity index (χ3n) is 3.42. The molecule has 3 N–H and O–H groups in total. The molecule has 0 aliphatic carbocycles. The molecule has 3 unspecified atom stereocenters. The van der Waals surface area contributed by atoms with Crippen LogP contribution in [-0.2, 0) is 30.3 Å². The van der Waals surface area contributed by atoms with Crippen LogP contribution in [-0.4, -0.2) is 57.2 Å². The Morgan fingerprint density at radius 1 is 0.909 bits per heavy atom. The van der Waals surface area contributed by atoms with Crippen LogP contribution in [0.3, 0.4) is 0 Å². The predicted octanol–water partition coefficient (Wildman–Crippen LogP) is -0.125. The van der Waals surface area contributed by atoms with Gasteiger partial charge >= 0.3 is 0 Å². The Hall–Kier alpha value is -0.270. The quantitative estimate of drug-likeness (QED) is 0.442. The van der Waals surface area contributed by atoms with Crippen LogP contribution in [0.1, 0.15) is 33.6 Å². The highest BCUT2D eigenvalue weighted by Crippen LogP contribution is 2.25. The summed E-state index contributed by atoms with van der Waals surface area (Å²) >= 11 is 0. The first kappa shape index (κ1) is 21.7. The van der Waals surface area contributed by atoms with Gasteiger partial charge in [0, 0.05) is 6.54 Å². The topological polar surface area (TPSA) is 155 Å². The third-order valence-corrected chi connectivity index (χ3v) is 7.84. The van der Waals surface area contributed by atoms with Crippen molar-refractivity contribution in [2.24, 2.45) is 5.92 Å². The number of rotatable bonds is 10. The largest absolute Gasteiger partial charge is 0.286 e. The highest BCUT2D eigenvalue weighted by Gasteiger charge is 2.38. The molecule has 3 atom stereocenters. The number of hydrogen-bond acceptors (Lipinski definition) is 6. The summed E-state index contributed by atoms with van der Waals surface area (Å²) in [5.41, 5.74) is 0. The van der Waals surface area contributed by atoms with E-state index in [0.717, 1.165) is 0 Å². The van der Waals surface area contributed by atoms with Gasteiger partial charge in [0.15, 0.2) is 0 Å². The summed E-state index contributed by atoms with van der Waals surface area (Å²) in [6.07, 6.45) is 0.117. The van der Waals surface area contributed by atoms with Gasteiger partial charge in [-0.1, -0.05) is 20.8 Å². The summed E-state index contributed by atoms with van der Waals surface area (Å²) in [5, 5.41) is -2.36. The van der Waals surface area contributed by atoms with Gasteiger partial charge in [-0.2, -0.15) is 16.8 Å². The average molecular weight is 381 g/mol. The standard InChI is InChI=1S/C10H23NO8S3/c1-4-9(8(3)10(5-2)22(17,18)19)21(15,16)11-6-7-20(12,13)14/h8-11H,4-7H2,1-3H3,(H,12,13,14)(H,17,18,19). The first-order valence-electron chi connectivity index (χ1n) is 6.66. The molecule has 22 heavy (non-hydrogen) atoms. The van der Waals surface area contributed by atoms with Gasteiger partial charge in [-0.25, -0.2) is 13.1 Å². The molecule has 0 bridgehead atoms. The van der Waals surface area contributed by atoms with E-state index in [2.05, 4.69) is 0 Å². The molecule has 134 valence electrons. The summed E-state index contributed by atoms with van der Waals surface area (Å²) in [4.78, 5) is 0. The van der Waals surface area contributed by atoms with Crippen LogP contribution < -0.4 is 4.72 Å². The Morgan fingerprint density at radius 3 is 1.68 bits per heavy atom. The van der Waals surface area contributed by atoms with Crippen LogP contribution in [0.25, 0.3) is 0 Å². The van der Waals surface area contributed by atoms with Crippen molar-refractivity contribution in [1.82, 2.24) is 4.72 Å². The van der Waals surface area contributed by atoms with E-state index in [9.17, 15) is 29.8 Å². The van der Waals surface area contributed by atoms with Crippen LogP contribution in [0.5, 0.6) is 0 Å². The van der Waals surface area contributed by atoms with Crippen molar-refractivity contribution in [3.05, 3.63) is 0 Å². The average Bonchev–Trinajstić information content (AvgIpc) is 2.25. The van der Waals surface area contributed by atoms with Crippen molar-refractivity contribution in [3.8, 4) is 0 Å². The first-order valence-corrected chi connectivity index (χ1v) is 11.3. The van der Waals surface area contributed by atoms with Crippen LogP contribution in [0.2, 0.25) is 0 Å². The molecule has 0 aliphatic heterocycles. The van der Waals surface area contributed by atoms with E-state index < -0.39 is 59.0 Å². The fourth-order valence-electron chi connectivity index (χ4n) is 2.39. The molecular weight excluding hydrogens is 358 g/mol. The van der Waals surface area contributed by atoms with Gasteiger partial charge in [0.2, 0.25) is 10.0 Å². The molecule has 0 spiro atoms. The van der Waals surface area contributed by atoms with Crippen molar-refractivity contribution in [3.63, 3.8) is 0 Å². The number of hydrogen-bond donors (Lipinski definition) is 3. The molecule has 12 heteroatoms. The minimum Gasteiger partial charge on any atom is -0.286 e. The lowest BCUT2D eigenvalue weighted by Gasteiger charge is -2.27. The Bertz CT molecular complexity index is 652. The Kier molecular flexibility index (Phi) is 7.92. The molecular formula is C10H23NO8S3. The Labute approximate surface area is 132 Å². The van der Waals surface area contributed by atoms with Gasteiger partial charge in [-0.05, 0) is 18.8 Å². The zero-order valence-electron chi connectivity index (χ0n) is 12.6. The van der Waals surface area contributed by atoms with Crippen molar-refractivity contribution in [2.45, 2.75) is 44.1 Å². The van der Waals surface area contributed by atoms with Crippen molar-refractivity contribution in [1.29, 1.82) is 0 Å². The minimum atomic E-state index is -4.40. The smallest absolute Gasteiger partial charge is 0.268 e. The zero-order chi connectivity index (χ0) is 17.8. The molecule has 0 aromatic carbocycles. The molecule has 0 rings (SSSR count). The molecule has 0 fully saturated rings. The lowest BCUT2D eigenvalue weighted by molar-refractivity contribution is 0.408.